The summed E-state index contributed by atoms with van der Waals surface area (Å²) in [6.07, 6.45) is 1.27. The highest BCUT2D eigenvalue weighted by atomic mass is 127. The Morgan fingerprint density at radius 3 is 2.45 bits per heavy atom. The average molecular weight is 530 g/mol. The number of anilines is 1. The number of hydrogen-bond donors (Lipinski definition) is 1. The van der Waals surface area contributed by atoms with Gasteiger partial charge in [-0.1, -0.05) is 0 Å². The summed E-state index contributed by atoms with van der Waals surface area (Å²) in [5.41, 5.74) is 0.704. The molecule has 1 amide bonds. The molecule has 0 aliphatic carbocycles. The van der Waals surface area contributed by atoms with Crippen LogP contribution >= 0.6 is 22.6 Å². The van der Waals surface area contributed by atoms with Gasteiger partial charge in [-0.3, -0.25) is 4.79 Å². The second-order valence-electron chi connectivity index (χ2n) is 6.72. The molecule has 1 atom stereocenters. The normalized spacial score (nSPS) is 17.6. The van der Waals surface area contributed by atoms with Gasteiger partial charge in [-0.15, -0.1) is 0 Å². The molecule has 29 heavy (non-hydrogen) atoms. The predicted octanol–water partition coefficient (Wildman–Crippen LogP) is 3.35. The number of hydrogen-bond acceptors (Lipinski definition) is 5. The predicted molar refractivity (Wildman–Crippen MR) is 119 cm³/mol. The lowest BCUT2D eigenvalue weighted by atomic mass is 9.99. The number of sulfonamides is 1. The van der Waals surface area contributed by atoms with Gasteiger partial charge >= 0.3 is 0 Å². The van der Waals surface area contributed by atoms with Crippen molar-refractivity contribution in [1.82, 2.24) is 4.31 Å². The fourth-order valence-electron chi connectivity index (χ4n) is 3.28. The molecule has 0 unspecified atom stereocenters. The van der Waals surface area contributed by atoms with E-state index in [9.17, 15) is 13.2 Å². The van der Waals surface area contributed by atoms with Crippen molar-refractivity contribution in [2.24, 2.45) is 5.92 Å². The first kappa shape index (κ1) is 21.8. The minimum Gasteiger partial charge on any atom is -0.493 e. The number of benzene rings is 2. The highest BCUT2D eigenvalue weighted by Crippen LogP contribution is 2.32. The van der Waals surface area contributed by atoms with E-state index in [0.29, 0.717) is 36.6 Å². The van der Waals surface area contributed by atoms with Gasteiger partial charge in [0.25, 0.3) is 0 Å². The van der Waals surface area contributed by atoms with E-state index in [4.69, 9.17) is 9.47 Å². The number of halogens is 1. The van der Waals surface area contributed by atoms with E-state index in [1.807, 2.05) is 24.3 Å². The summed E-state index contributed by atoms with van der Waals surface area (Å²) >= 11 is 2.20. The lowest BCUT2D eigenvalue weighted by molar-refractivity contribution is -0.120. The van der Waals surface area contributed by atoms with Gasteiger partial charge in [-0.05, 0) is 71.8 Å². The standard InChI is InChI=1S/C20H23IN2O5S/c1-27-18-10-9-17(12-19(18)28-2)29(25,26)23-11-3-4-14(13-23)20(24)22-16-7-5-15(21)6-8-16/h5-10,12,14H,3-4,11,13H2,1-2H3,(H,22,24)/t14-/m0/s1. The topological polar surface area (TPSA) is 84.9 Å². The van der Waals surface area contributed by atoms with E-state index in [2.05, 4.69) is 27.9 Å². The number of ether oxygens (including phenoxy) is 2. The average Bonchev–Trinajstić information content (AvgIpc) is 2.74. The molecule has 1 aliphatic rings. The molecule has 1 saturated heterocycles. The molecule has 1 heterocycles. The number of carbonyl (C=O) groups is 1. The van der Waals surface area contributed by atoms with E-state index in [1.165, 1.54) is 30.7 Å². The number of piperidine rings is 1. The quantitative estimate of drug-likeness (QED) is 0.580. The van der Waals surface area contributed by atoms with Crippen molar-refractivity contribution in [3.63, 3.8) is 0 Å². The number of nitrogens with one attached hydrogen (secondary N) is 1. The van der Waals surface area contributed by atoms with Crippen LogP contribution in [0.4, 0.5) is 5.69 Å². The summed E-state index contributed by atoms with van der Waals surface area (Å²) in [5.74, 6) is 0.231. The zero-order chi connectivity index (χ0) is 21.0. The second kappa shape index (κ2) is 9.31. The van der Waals surface area contributed by atoms with Crippen LogP contribution < -0.4 is 14.8 Å². The van der Waals surface area contributed by atoms with Crippen molar-refractivity contribution in [2.45, 2.75) is 17.7 Å². The summed E-state index contributed by atoms with van der Waals surface area (Å²) in [5, 5.41) is 2.88. The molecule has 1 N–H and O–H groups in total. The van der Waals surface area contributed by atoms with Crippen LogP contribution in [0, 0.1) is 9.49 Å². The maximum Gasteiger partial charge on any atom is 0.243 e. The second-order valence-corrected chi connectivity index (χ2v) is 9.90. The minimum absolute atomic E-state index is 0.119. The third-order valence-electron chi connectivity index (χ3n) is 4.86. The van der Waals surface area contributed by atoms with Crippen LogP contribution in [0.3, 0.4) is 0 Å². The molecule has 156 valence electrons. The third-order valence-corrected chi connectivity index (χ3v) is 7.44. The molecule has 0 spiro atoms. The molecule has 1 aliphatic heterocycles. The van der Waals surface area contributed by atoms with E-state index >= 15 is 0 Å². The summed E-state index contributed by atoms with van der Waals surface area (Å²) in [6, 6.07) is 12.0. The molecule has 0 saturated carbocycles. The van der Waals surface area contributed by atoms with E-state index in [0.717, 1.165) is 3.57 Å². The molecule has 2 aromatic rings. The molecule has 0 radical (unpaired) electrons. The van der Waals surface area contributed by atoms with Crippen LogP contribution in [0.1, 0.15) is 12.8 Å². The lowest BCUT2D eigenvalue weighted by Gasteiger charge is -2.31. The molecule has 0 aromatic heterocycles. The molecule has 3 rings (SSSR count). The van der Waals surface area contributed by atoms with E-state index in [1.54, 1.807) is 6.07 Å². The zero-order valence-corrected chi connectivity index (χ0v) is 19.2. The van der Waals surface area contributed by atoms with Crippen LogP contribution in [0.25, 0.3) is 0 Å². The summed E-state index contributed by atoms with van der Waals surface area (Å²) < 4.78 is 39.1. The van der Waals surface area contributed by atoms with Gasteiger partial charge in [-0.2, -0.15) is 4.31 Å². The Bertz CT molecular complexity index is 979. The van der Waals surface area contributed by atoms with Crippen LogP contribution in [-0.2, 0) is 14.8 Å². The fourth-order valence-corrected chi connectivity index (χ4v) is 5.18. The molecule has 9 heteroatoms. The summed E-state index contributed by atoms with van der Waals surface area (Å²) in [7, 11) is -0.796. The SMILES string of the molecule is COc1ccc(S(=O)(=O)N2CCC[C@H](C(=O)Nc3ccc(I)cc3)C2)cc1OC. The van der Waals surface area contributed by atoms with Gasteiger partial charge in [0, 0.05) is 28.4 Å². The molecule has 1 fully saturated rings. The van der Waals surface area contributed by atoms with Crippen molar-refractivity contribution >= 4 is 44.2 Å². The smallest absolute Gasteiger partial charge is 0.243 e. The van der Waals surface area contributed by atoms with Crippen LogP contribution in [0.2, 0.25) is 0 Å². The Morgan fingerprint density at radius 2 is 1.79 bits per heavy atom. The van der Waals surface area contributed by atoms with Crippen molar-refractivity contribution < 1.29 is 22.7 Å². The van der Waals surface area contributed by atoms with Gasteiger partial charge in [0.15, 0.2) is 11.5 Å². The van der Waals surface area contributed by atoms with Crippen molar-refractivity contribution in [3.05, 3.63) is 46.0 Å². The summed E-state index contributed by atoms with van der Waals surface area (Å²) in [4.78, 5) is 12.8. The number of rotatable bonds is 6. The van der Waals surface area contributed by atoms with E-state index < -0.39 is 15.9 Å². The Hall–Kier alpha value is -1.85. The van der Waals surface area contributed by atoms with Crippen LogP contribution in [0.15, 0.2) is 47.4 Å². The number of methoxy groups -OCH3 is 2. The number of amides is 1. The minimum atomic E-state index is -3.75. The Kier molecular flexibility index (Phi) is 7.01. The molecule has 2 aromatic carbocycles. The maximum absolute atomic E-state index is 13.1. The maximum atomic E-state index is 13.1. The Morgan fingerprint density at radius 1 is 1.10 bits per heavy atom. The monoisotopic (exact) mass is 530 g/mol. The molecular formula is C20H23IN2O5S. The van der Waals surface area contributed by atoms with E-state index in [-0.39, 0.29) is 17.3 Å². The molecule has 0 bridgehead atoms. The lowest BCUT2D eigenvalue weighted by Crippen LogP contribution is -2.43. The first-order chi connectivity index (χ1) is 13.8. The number of carbonyl (C=O) groups excluding carboxylic acids is 1. The zero-order valence-electron chi connectivity index (χ0n) is 16.2. The van der Waals surface area contributed by atoms with Gasteiger partial charge in [-0.25, -0.2) is 8.42 Å². The van der Waals surface area contributed by atoms with Crippen LogP contribution in [0.5, 0.6) is 11.5 Å². The van der Waals surface area contributed by atoms with Crippen molar-refractivity contribution in [2.75, 3.05) is 32.6 Å². The van der Waals surface area contributed by atoms with Gasteiger partial charge in [0.05, 0.1) is 25.0 Å². The highest BCUT2D eigenvalue weighted by Gasteiger charge is 2.33. The van der Waals surface area contributed by atoms with Gasteiger partial charge in [0.1, 0.15) is 0 Å². The van der Waals surface area contributed by atoms with Crippen molar-refractivity contribution in [3.8, 4) is 11.5 Å². The third kappa shape index (κ3) is 5.01. The van der Waals surface area contributed by atoms with Crippen molar-refractivity contribution in [1.29, 1.82) is 0 Å². The summed E-state index contributed by atoms with van der Waals surface area (Å²) in [6.45, 7) is 0.525. The van der Waals surface area contributed by atoms with Crippen LogP contribution in [-0.4, -0.2) is 45.9 Å². The highest BCUT2D eigenvalue weighted by molar-refractivity contribution is 14.1. The first-order valence-electron chi connectivity index (χ1n) is 9.13. The first-order valence-corrected chi connectivity index (χ1v) is 11.7. The molecule has 7 nitrogen and oxygen atoms in total. The Labute approximate surface area is 184 Å². The Balaban J connectivity index is 1.75. The molecular weight excluding hydrogens is 507 g/mol. The van der Waals surface area contributed by atoms with Gasteiger partial charge in [0.2, 0.25) is 15.9 Å². The number of nitrogens with zero attached hydrogens (tertiary/aromatic N) is 1. The largest absolute Gasteiger partial charge is 0.493 e. The fraction of sp³-hybridized carbons (Fsp3) is 0.350. The van der Waals surface area contributed by atoms with Gasteiger partial charge < -0.3 is 14.8 Å².